The highest BCUT2D eigenvalue weighted by Crippen LogP contribution is 2.43. The molecule has 164 valence electrons. The third-order valence-corrected chi connectivity index (χ3v) is 6.21. The van der Waals surface area contributed by atoms with Crippen molar-refractivity contribution in [3.63, 3.8) is 0 Å². The van der Waals surface area contributed by atoms with E-state index in [0.29, 0.717) is 6.61 Å². The molecule has 1 fully saturated rings. The maximum atomic E-state index is 6.13. The second kappa shape index (κ2) is 9.99. The number of rotatable bonds is 6. The molecule has 0 N–H and O–H groups in total. The monoisotopic (exact) mass is 514 g/mol. The van der Waals surface area contributed by atoms with E-state index in [1.807, 2.05) is 24.3 Å². The molecule has 2 heterocycles. The summed E-state index contributed by atoms with van der Waals surface area (Å²) >= 11 is 9.72. The predicted molar refractivity (Wildman–Crippen MR) is 130 cm³/mol. The largest absolute Gasteiger partial charge is 0.490 e. The molecule has 0 atom stereocenters. The maximum absolute atomic E-state index is 6.13. The van der Waals surface area contributed by atoms with Crippen LogP contribution < -0.4 is 14.4 Å². The molecule has 0 saturated carbocycles. The van der Waals surface area contributed by atoms with Gasteiger partial charge in [-0.15, -0.1) is 12.4 Å². The van der Waals surface area contributed by atoms with E-state index in [0.717, 1.165) is 66.6 Å². The third-order valence-electron chi connectivity index (χ3n) is 5.51. The maximum Gasteiger partial charge on any atom is 0.165 e. The van der Waals surface area contributed by atoms with Crippen LogP contribution in [0.3, 0.4) is 0 Å². The van der Waals surface area contributed by atoms with Crippen LogP contribution in [0.2, 0.25) is 5.02 Å². The molecule has 0 aliphatic carbocycles. The molecule has 0 radical (unpaired) electrons. The van der Waals surface area contributed by atoms with Crippen molar-refractivity contribution in [2.75, 3.05) is 44.2 Å². The summed E-state index contributed by atoms with van der Waals surface area (Å²) in [6, 6.07) is 12.3. The Bertz CT molecular complexity index is 870. The summed E-state index contributed by atoms with van der Waals surface area (Å²) in [5, 5.41) is 0.800. The van der Waals surface area contributed by atoms with Crippen LogP contribution in [-0.4, -0.2) is 49.8 Å². The first-order valence-corrected chi connectivity index (χ1v) is 11.4. The second-order valence-corrected chi connectivity index (χ2v) is 9.79. The van der Waals surface area contributed by atoms with Crippen molar-refractivity contribution < 1.29 is 9.47 Å². The molecule has 4 nitrogen and oxygen atoms in total. The Labute approximate surface area is 199 Å². The predicted octanol–water partition coefficient (Wildman–Crippen LogP) is 5.83. The van der Waals surface area contributed by atoms with E-state index in [1.165, 1.54) is 11.3 Å². The Balaban J connectivity index is 0.00000256. The van der Waals surface area contributed by atoms with Crippen molar-refractivity contribution in [2.45, 2.75) is 32.3 Å². The van der Waals surface area contributed by atoms with Crippen molar-refractivity contribution in [2.24, 2.45) is 0 Å². The van der Waals surface area contributed by atoms with Gasteiger partial charge in [0.1, 0.15) is 5.60 Å². The van der Waals surface area contributed by atoms with Gasteiger partial charge in [-0.25, -0.2) is 0 Å². The smallest absolute Gasteiger partial charge is 0.165 e. The zero-order valence-electron chi connectivity index (χ0n) is 17.5. The lowest BCUT2D eigenvalue weighted by atomic mass is 10.0. The minimum atomic E-state index is -0.163. The summed E-state index contributed by atoms with van der Waals surface area (Å²) in [4.78, 5) is 4.91. The Morgan fingerprint density at radius 3 is 2.63 bits per heavy atom. The number of anilines is 1. The first-order valence-electron chi connectivity index (χ1n) is 10.3. The van der Waals surface area contributed by atoms with Crippen molar-refractivity contribution >= 4 is 45.6 Å². The van der Waals surface area contributed by atoms with Crippen LogP contribution in [0.4, 0.5) is 5.69 Å². The van der Waals surface area contributed by atoms with Gasteiger partial charge in [-0.2, -0.15) is 0 Å². The molecule has 30 heavy (non-hydrogen) atoms. The number of halogens is 3. The highest BCUT2D eigenvalue weighted by molar-refractivity contribution is 9.10. The summed E-state index contributed by atoms with van der Waals surface area (Å²) in [5.41, 5.74) is 2.27. The van der Waals surface area contributed by atoms with E-state index in [2.05, 4.69) is 51.7 Å². The molecule has 7 heteroatoms. The average molecular weight is 516 g/mol. The van der Waals surface area contributed by atoms with Gasteiger partial charge in [0.05, 0.1) is 6.61 Å². The highest BCUT2D eigenvalue weighted by atomic mass is 79.9. The summed E-state index contributed by atoms with van der Waals surface area (Å²) in [6.45, 7) is 10.2. The lowest BCUT2D eigenvalue weighted by molar-refractivity contribution is 0.131. The van der Waals surface area contributed by atoms with Gasteiger partial charge >= 0.3 is 0 Å². The van der Waals surface area contributed by atoms with Gasteiger partial charge < -0.3 is 14.4 Å². The molecule has 0 spiro atoms. The van der Waals surface area contributed by atoms with Crippen LogP contribution in [0.25, 0.3) is 0 Å². The second-order valence-electron chi connectivity index (χ2n) is 8.44. The number of benzene rings is 2. The Morgan fingerprint density at radius 1 is 1.13 bits per heavy atom. The van der Waals surface area contributed by atoms with Crippen molar-refractivity contribution in [1.29, 1.82) is 0 Å². The fourth-order valence-electron chi connectivity index (χ4n) is 4.12. The van der Waals surface area contributed by atoms with Crippen LogP contribution in [-0.2, 0) is 6.42 Å². The van der Waals surface area contributed by atoms with Gasteiger partial charge in [0.2, 0.25) is 0 Å². The summed E-state index contributed by atoms with van der Waals surface area (Å²) in [5.74, 6) is 1.76. The number of ether oxygens (including phenoxy) is 2. The van der Waals surface area contributed by atoms with Crippen LogP contribution in [0, 0.1) is 0 Å². The zero-order chi connectivity index (χ0) is 20.4. The Hall–Kier alpha value is -1.14. The molecule has 0 unspecified atom stereocenters. The number of hydrogen-bond acceptors (Lipinski definition) is 4. The minimum absolute atomic E-state index is 0. The Kier molecular flexibility index (Phi) is 7.83. The molecule has 0 aromatic heterocycles. The molecule has 2 aliphatic heterocycles. The molecule has 0 amide bonds. The minimum Gasteiger partial charge on any atom is -0.490 e. The fourth-order valence-corrected chi connectivity index (χ4v) is 4.79. The molecule has 2 aliphatic rings. The van der Waals surface area contributed by atoms with E-state index >= 15 is 0 Å². The van der Waals surface area contributed by atoms with Gasteiger partial charge in [-0.3, -0.25) is 4.90 Å². The normalized spacial score (nSPS) is 17.8. The van der Waals surface area contributed by atoms with Gasteiger partial charge in [0.25, 0.3) is 0 Å². The van der Waals surface area contributed by atoms with Crippen LogP contribution in [0.1, 0.15) is 25.8 Å². The number of hydrogen-bond donors (Lipinski definition) is 0. The standard InChI is InChI=1S/C23H28BrClN2O2.ClH/c1-23(2)16-17-13-18(24)14-21(22(17)29-23)28-12-4-7-26-8-10-27(11-9-26)20-6-3-5-19(25)15-20;/h3,5-6,13-15H,4,7-12,16H2,1-2H3;1H. The van der Waals surface area contributed by atoms with E-state index in [9.17, 15) is 0 Å². The van der Waals surface area contributed by atoms with Crippen molar-refractivity contribution in [3.05, 3.63) is 51.5 Å². The number of nitrogens with zero attached hydrogens (tertiary/aromatic N) is 2. The molecular weight excluding hydrogens is 487 g/mol. The first kappa shape index (κ1) is 23.5. The molecular formula is C23H29BrCl2N2O2. The quantitative estimate of drug-likeness (QED) is 0.452. The molecule has 2 aromatic carbocycles. The zero-order valence-corrected chi connectivity index (χ0v) is 20.7. The van der Waals surface area contributed by atoms with Gasteiger partial charge in [-0.05, 0) is 50.6 Å². The molecule has 0 bridgehead atoms. The van der Waals surface area contributed by atoms with E-state index in [1.54, 1.807) is 0 Å². The van der Waals surface area contributed by atoms with Crippen molar-refractivity contribution in [3.8, 4) is 11.5 Å². The molecule has 4 rings (SSSR count). The number of fused-ring (bicyclic) bond motifs is 1. The molecule has 2 aromatic rings. The topological polar surface area (TPSA) is 24.9 Å². The lowest BCUT2D eigenvalue weighted by Crippen LogP contribution is -2.46. The SMILES string of the molecule is CC1(C)Cc2cc(Br)cc(OCCCN3CCN(c4cccc(Cl)c4)CC3)c2O1.Cl. The summed E-state index contributed by atoms with van der Waals surface area (Å²) in [6.07, 6.45) is 1.91. The highest BCUT2D eigenvalue weighted by Gasteiger charge is 2.33. The van der Waals surface area contributed by atoms with E-state index in [4.69, 9.17) is 21.1 Å². The fraction of sp³-hybridized carbons (Fsp3) is 0.478. The van der Waals surface area contributed by atoms with Crippen LogP contribution in [0.15, 0.2) is 40.9 Å². The van der Waals surface area contributed by atoms with Crippen LogP contribution >= 0.6 is 39.9 Å². The third kappa shape index (κ3) is 5.76. The summed E-state index contributed by atoms with van der Waals surface area (Å²) in [7, 11) is 0. The van der Waals surface area contributed by atoms with E-state index in [-0.39, 0.29) is 18.0 Å². The van der Waals surface area contributed by atoms with E-state index < -0.39 is 0 Å². The van der Waals surface area contributed by atoms with Gasteiger partial charge in [0, 0.05) is 59.9 Å². The lowest BCUT2D eigenvalue weighted by Gasteiger charge is -2.36. The first-order chi connectivity index (χ1) is 13.9. The Morgan fingerprint density at radius 2 is 1.90 bits per heavy atom. The summed E-state index contributed by atoms with van der Waals surface area (Å²) < 4.78 is 13.3. The van der Waals surface area contributed by atoms with Crippen molar-refractivity contribution in [1.82, 2.24) is 4.90 Å². The van der Waals surface area contributed by atoms with Gasteiger partial charge in [0.15, 0.2) is 11.5 Å². The molecule has 1 saturated heterocycles. The average Bonchev–Trinajstić information content (AvgIpc) is 2.99. The number of piperazine rings is 1. The van der Waals surface area contributed by atoms with Crippen LogP contribution in [0.5, 0.6) is 11.5 Å². The van der Waals surface area contributed by atoms with Gasteiger partial charge in [-0.1, -0.05) is 33.6 Å².